The highest BCUT2D eigenvalue weighted by Gasteiger charge is 2.22. The number of sulfonamides is 1. The van der Waals surface area contributed by atoms with Crippen LogP contribution in [0.2, 0.25) is 0 Å². The number of hydrogen-bond donors (Lipinski definition) is 3. The number of fused-ring (bicyclic) bond motifs is 1. The second-order valence-electron chi connectivity index (χ2n) is 6.32. The Kier molecular flexibility index (Phi) is 6.95. The van der Waals surface area contributed by atoms with Crippen molar-refractivity contribution in [2.24, 2.45) is 0 Å². The van der Waals surface area contributed by atoms with Gasteiger partial charge in [-0.25, -0.2) is 31.6 Å². The first kappa shape index (κ1) is 22.7. The quantitative estimate of drug-likeness (QED) is 0.436. The number of anilines is 3. The molecule has 2 aromatic heterocycles. The molecular weight excluding hydrogens is 455 g/mol. The van der Waals surface area contributed by atoms with Crippen molar-refractivity contribution < 1.29 is 26.4 Å². The van der Waals surface area contributed by atoms with Crippen LogP contribution < -0.4 is 15.4 Å². The largest absolute Gasteiger partial charge is 0.366 e. The van der Waals surface area contributed by atoms with Crippen LogP contribution in [-0.4, -0.2) is 43.3 Å². The van der Waals surface area contributed by atoms with E-state index in [0.717, 1.165) is 23.5 Å². The fourth-order valence-corrected chi connectivity index (χ4v) is 4.81. The zero-order valence-electron chi connectivity index (χ0n) is 16.2. The number of nitrogens with one attached hydrogen (secondary N) is 3. The molecule has 166 valence electrons. The monoisotopic (exact) mass is 473 g/mol. The Labute approximate surface area is 180 Å². The van der Waals surface area contributed by atoms with Gasteiger partial charge in [-0.05, 0) is 18.6 Å². The van der Waals surface area contributed by atoms with Gasteiger partial charge < -0.3 is 10.6 Å². The van der Waals surface area contributed by atoms with Gasteiger partial charge in [-0.3, -0.25) is 9.52 Å². The number of hydrogen-bond acceptors (Lipinski definition) is 7. The summed E-state index contributed by atoms with van der Waals surface area (Å²) in [4.78, 5) is 20.7. The second-order valence-corrected chi connectivity index (χ2v) is 9.05. The van der Waals surface area contributed by atoms with Crippen LogP contribution in [0, 0.1) is 11.6 Å². The van der Waals surface area contributed by atoms with Crippen molar-refractivity contribution in [3.63, 3.8) is 0 Å². The first-order chi connectivity index (χ1) is 14.8. The van der Waals surface area contributed by atoms with Crippen molar-refractivity contribution in [3.8, 4) is 0 Å². The van der Waals surface area contributed by atoms with E-state index in [1.54, 1.807) is 6.92 Å². The third kappa shape index (κ3) is 5.05. The molecule has 0 spiro atoms. The van der Waals surface area contributed by atoms with Gasteiger partial charge in [0.1, 0.15) is 30.3 Å². The summed E-state index contributed by atoms with van der Waals surface area (Å²) in [6.07, 6.45) is 1.48. The number of carbonyl (C=O) groups is 1. The van der Waals surface area contributed by atoms with Crippen LogP contribution >= 0.6 is 11.3 Å². The molecule has 0 atom stereocenters. The summed E-state index contributed by atoms with van der Waals surface area (Å²) in [5.41, 5.74) is -1.04. The molecule has 0 aliphatic rings. The Morgan fingerprint density at radius 1 is 1.23 bits per heavy atom. The van der Waals surface area contributed by atoms with Gasteiger partial charge in [0.15, 0.2) is 5.82 Å². The number of halogens is 3. The van der Waals surface area contributed by atoms with Gasteiger partial charge in [0.2, 0.25) is 10.0 Å². The summed E-state index contributed by atoms with van der Waals surface area (Å²) in [5, 5.41) is 6.33. The topological polar surface area (TPSA) is 113 Å². The minimum atomic E-state index is -3.82. The molecule has 13 heteroatoms. The Hall–Kier alpha value is -2.93. The average Bonchev–Trinajstić information content (AvgIpc) is 3.16. The zero-order chi connectivity index (χ0) is 22.6. The number of rotatable bonds is 9. The van der Waals surface area contributed by atoms with Gasteiger partial charge in [0, 0.05) is 11.9 Å². The van der Waals surface area contributed by atoms with Gasteiger partial charge in [-0.2, -0.15) is 0 Å². The molecule has 0 radical (unpaired) electrons. The van der Waals surface area contributed by atoms with E-state index in [-0.39, 0.29) is 23.4 Å². The molecule has 3 rings (SSSR count). The zero-order valence-corrected chi connectivity index (χ0v) is 17.8. The first-order valence-corrected chi connectivity index (χ1v) is 11.6. The van der Waals surface area contributed by atoms with E-state index < -0.39 is 45.6 Å². The number of alkyl halides is 1. The van der Waals surface area contributed by atoms with Crippen molar-refractivity contribution in [1.29, 1.82) is 0 Å². The highest BCUT2D eigenvalue weighted by molar-refractivity contribution is 7.92. The second kappa shape index (κ2) is 9.47. The van der Waals surface area contributed by atoms with Crippen LogP contribution in [0.1, 0.15) is 23.7 Å². The number of aromatic nitrogens is 2. The van der Waals surface area contributed by atoms with Crippen LogP contribution in [0.25, 0.3) is 10.2 Å². The number of amides is 1. The van der Waals surface area contributed by atoms with E-state index in [4.69, 9.17) is 0 Å². The number of nitrogens with zero attached hydrogens (tertiary/aromatic N) is 2. The molecule has 0 fully saturated rings. The molecule has 0 bridgehead atoms. The van der Waals surface area contributed by atoms with Crippen molar-refractivity contribution in [1.82, 2.24) is 9.97 Å². The summed E-state index contributed by atoms with van der Waals surface area (Å²) in [6, 6.07) is 1.78. The Bertz CT molecular complexity index is 1220. The fourth-order valence-electron chi connectivity index (χ4n) is 2.72. The van der Waals surface area contributed by atoms with Crippen molar-refractivity contribution in [3.05, 3.63) is 41.0 Å². The van der Waals surface area contributed by atoms with Crippen molar-refractivity contribution >= 4 is 54.7 Å². The molecular formula is C18H18F3N5O3S2. The Balaban J connectivity index is 1.91. The summed E-state index contributed by atoms with van der Waals surface area (Å²) >= 11 is 1.10. The number of benzene rings is 1. The van der Waals surface area contributed by atoms with Gasteiger partial charge in [-0.15, -0.1) is 11.3 Å². The van der Waals surface area contributed by atoms with Crippen LogP contribution in [0.5, 0.6) is 0 Å². The lowest BCUT2D eigenvalue weighted by molar-refractivity contribution is 0.102. The van der Waals surface area contributed by atoms with Gasteiger partial charge in [-0.1, -0.05) is 6.92 Å². The summed E-state index contributed by atoms with van der Waals surface area (Å²) in [5.74, 6) is -3.11. The molecule has 8 nitrogen and oxygen atoms in total. The highest BCUT2D eigenvalue weighted by Crippen LogP contribution is 2.31. The molecule has 0 unspecified atom stereocenters. The normalized spacial score (nSPS) is 11.5. The van der Waals surface area contributed by atoms with Gasteiger partial charge >= 0.3 is 0 Å². The summed E-state index contributed by atoms with van der Waals surface area (Å²) in [6.45, 7) is 1.03. The molecule has 3 N–H and O–H groups in total. The Morgan fingerprint density at radius 2 is 2.00 bits per heavy atom. The van der Waals surface area contributed by atoms with Crippen LogP contribution in [0.4, 0.5) is 30.4 Å². The van der Waals surface area contributed by atoms with E-state index in [1.807, 2.05) is 4.72 Å². The molecule has 31 heavy (non-hydrogen) atoms. The average molecular weight is 474 g/mol. The van der Waals surface area contributed by atoms with E-state index in [9.17, 15) is 26.4 Å². The molecule has 1 aromatic carbocycles. The predicted octanol–water partition coefficient (Wildman–Crippen LogP) is 3.75. The van der Waals surface area contributed by atoms with Crippen LogP contribution in [0.15, 0.2) is 23.8 Å². The summed E-state index contributed by atoms with van der Waals surface area (Å²) < 4.78 is 67.8. The smallest absolute Gasteiger partial charge is 0.258 e. The van der Waals surface area contributed by atoms with E-state index in [2.05, 4.69) is 20.6 Å². The van der Waals surface area contributed by atoms with E-state index in [1.165, 1.54) is 11.7 Å². The van der Waals surface area contributed by atoms with Crippen molar-refractivity contribution in [2.45, 2.75) is 13.3 Å². The lowest BCUT2D eigenvalue weighted by Crippen LogP contribution is -2.19. The molecule has 2 heterocycles. The molecule has 1 amide bonds. The van der Waals surface area contributed by atoms with E-state index in [0.29, 0.717) is 16.9 Å². The number of thiophene rings is 1. The molecule has 0 aliphatic carbocycles. The lowest BCUT2D eigenvalue weighted by atomic mass is 10.2. The maximum Gasteiger partial charge on any atom is 0.258 e. The van der Waals surface area contributed by atoms with Crippen LogP contribution in [0.3, 0.4) is 0 Å². The standard InChI is InChI=1S/C18H18F3N5O3S2/c1-2-7-31(28,29)26-12-4-3-11(20)15(13(12)21)25-18(27)10-8-30-16-14(10)23-9-24-17(16)22-6-5-19/h3-4,8-9,26H,2,5-7H2,1H3,(H,25,27)(H,22,23,24). The van der Waals surface area contributed by atoms with Gasteiger partial charge in [0.25, 0.3) is 5.91 Å². The summed E-state index contributed by atoms with van der Waals surface area (Å²) in [7, 11) is -3.82. The molecule has 0 saturated carbocycles. The van der Waals surface area contributed by atoms with Gasteiger partial charge in [0.05, 0.1) is 27.2 Å². The lowest BCUT2D eigenvalue weighted by Gasteiger charge is -2.12. The number of carbonyl (C=O) groups excluding carboxylic acids is 1. The predicted molar refractivity (Wildman–Crippen MR) is 114 cm³/mol. The minimum absolute atomic E-state index is 0.0166. The van der Waals surface area contributed by atoms with Crippen LogP contribution in [-0.2, 0) is 10.0 Å². The fraction of sp³-hybridized carbons (Fsp3) is 0.278. The molecule has 0 aliphatic heterocycles. The third-order valence-corrected chi connectivity index (χ3v) is 6.51. The third-order valence-electron chi connectivity index (χ3n) is 4.05. The maximum absolute atomic E-state index is 14.8. The SMILES string of the molecule is CCCS(=O)(=O)Nc1ccc(F)c(NC(=O)c2csc3c(NCCF)ncnc23)c1F. The molecule has 3 aromatic rings. The van der Waals surface area contributed by atoms with E-state index >= 15 is 0 Å². The van der Waals surface area contributed by atoms with Crippen molar-refractivity contribution in [2.75, 3.05) is 34.3 Å². The minimum Gasteiger partial charge on any atom is -0.366 e. The maximum atomic E-state index is 14.8. The first-order valence-electron chi connectivity index (χ1n) is 9.09. The highest BCUT2D eigenvalue weighted by atomic mass is 32.2. The Morgan fingerprint density at radius 3 is 2.71 bits per heavy atom. The molecule has 0 saturated heterocycles.